The van der Waals surface area contributed by atoms with Crippen LogP contribution in [0.5, 0.6) is 11.5 Å². The van der Waals surface area contributed by atoms with E-state index in [1.165, 1.54) is 0 Å². The summed E-state index contributed by atoms with van der Waals surface area (Å²) in [5, 5.41) is 11.5. The molecule has 35 heavy (non-hydrogen) atoms. The molecule has 0 saturated carbocycles. The lowest BCUT2D eigenvalue weighted by Gasteiger charge is -2.32. The van der Waals surface area contributed by atoms with Gasteiger partial charge in [0.05, 0.1) is 19.2 Å². The number of benzene rings is 3. The number of anilines is 2. The van der Waals surface area contributed by atoms with E-state index in [1.54, 1.807) is 23.9 Å². The molecule has 0 unspecified atom stereocenters. The molecule has 3 aromatic carbocycles. The zero-order valence-electron chi connectivity index (χ0n) is 19.0. The smallest absolute Gasteiger partial charge is 0.264 e. The van der Waals surface area contributed by atoms with Crippen LogP contribution in [0.3, 0.4) is 0 Å². The number of ether oxygens (including phenoxy) is 2. The molecule has 1 amide bonds. The van der Waals surface area contributed by atoms with E-state index in [0.717, 1.165) is 16.9 Å². The first kappa shape index (κ1) is 22.7. The van der Waals surface area contributed by atoms with Crippen molar-refractivity contribution in [3.05, 3.63) is 95.0 Å². The molecule has 2 N–H and O–H groups in total. The number of halogens is 1. The average molecular weight is 490 g/mol. The van der Waals surface area contributed by atoms with Gasteiger partial charge in [0.25, 0.3) is 11.9 Å². The fourth-order valence-electron chi connectivity index (χ4n) is 4.17. The molecule has 1 aliphatic rings. The molecule has 0 aliphatic carbocycles. The van der Waals surface area contributed by atoms with Crippen LogP contribution in [0.2, 0.25) is 5.02 Å². The Morgan fingerprint density at radius 2 is 1.83 bits per heavy atom. The summed E-state index contributed by atoms with van der Waals surface area (Å²) >= 11 is 6.10. The molecule has 2 atom stereocenters. The van der Waals surface area contributed by atoms with Gasteiger partial charge in [0, 0.05) is 10.6 Å². The number of aromatic nitrogens is 3. The van der Waals surface area contributed by atoms with E-state index in [0.29, 0.717) is 23.1 Å². The topological polar surface area (TPSA) is 90.3 Å². The minimum atomic E-state index is -0.347. The van der Waals surface area contributed by atoms with Gasteiger partial charge < -0.3 is 14.8 Å². The van der Waals surface area contributed by atoms with Crippen molar-refractivity contribution in [1.29, 1.82) is 0 Å². The number of amides is 1. The Bertz CT molecular complexity index is 1310. The molecule has 8 nitrogen and oxygen atoms in total. The normalized spacial score (nSPS) is 16.6. The Morgan fingerprint density at radius 1 is 1.09 bits per heavy atom. The van der Waals surface area contributed by atoms with Gasteiger partial charge in [0.2, 0.25) is 5.95 Å². The predicted octanol–water partition coefficient (Wildman–Crippen LogP) is 5.10. The van der Waals surface area contributed by atoms with Crippen LogP contribution in [0, 0.1) is 0 Å². The number of fused-ring (bicyclic) bond motifs is 1. The van der Waals surface area contributed by atoms with Crippen LogP contribution in [-0.2, 0) is 4.79 Å². The number of carbonyl (C=O) groups is 1. The molecule has 5 rings (SSSR count). The fraction of sp³-hybridized carbons (Fsp3) is 0.192. The Hall–Kier alpha value is -4.04. The molecular formula is C26H24ClN5O3. The monoisotopic (exact) mass is 489 g/mol. The van der Waals surface area contributed by atoms with Crippen LogP contribution in [0.25, 0.3) is 0 Å². The van der Waals surface area contributed by atoms with Gasteiger partial charge in [0.1, 0.15) is 11.5 Å². The lowest BCUT2D eigenvalue weighted by Crippen LogP contribution is -2.28. The maximum Gasteiger partial charge on any atom is 0.264 e. The van der Waals surface area contributed by atoms with Gasteiger partial charge in [-0.05, 0) is 42.3 Å². The van der Waals surface area contributed by atoms with Crippen molar-refractivity contribution < 1.29 is 14.3 Å². The molecule has 178 valence electrons. The number of nitrogens with one attached hydrogen (secondary N) is 2. The lowest BCUT2D eigenvalue weighted by atomic mass is 9.93. The van der Waals surface area contributed by atoms with E-state index in [1.807, 2.05) is 66.7 Å². The van der Waals surface area contributed by atoms with Crippen molar-refractivity contribution in [3.63, 3.8) is 0 Å². The van der Waals surface area contributed by atoms with Gasteiger partial charge in [-0.25, -0.2) is 4.68 Å². The Balaban J connectivity index is 1.41. The Labute approximate surface area is 207 Å². The van der Waals surface area contributed by atoms with Gasteiger partial charge in [-0.3, -0.25) is 10.1 Å². The Morgan fingerprint density at radius 3 is 2.60 bits per heavy atom. The third kappa shape index (κ3) is 5.07. The van der Waals surface area contributed by atoms with E-state index in [-0.39, 0.29) is 30.5 Å². The highest BCUT2D eigenvalue weighted by Crippen LogP contribution is 2.41. The number of methoxy groups -OCH3 is 1. The van der Waals surface area contributed by atoms with Crippen molar-refractivity contribution in [2.75, 3.05) is 24.4 Å². The minimum absolute atomic E-state index is 0.0381. The minimum Gasteiger partial charge on any atom is -0.496 e. The summed E-state index contributed by atoms with van der Waals surface area (Å²) in [5.74, 6) is 1.78. The van der Waals surface area contributed by atoms with Gasteiger partial charge >= 0.3 is 0 Å². The number of hydrogen-bond acceptors (Lipinski definition) is 6. The van der Waals surface area contributed by atoms with Crippen LogP contribution in [0.1, 0.15) is 29.6 Å². The fourth-order valence-corrected chi connectivity index (χ4v) is 4.30. The number of hydrogen-bond donors (Lipinski definition) is 2. The quantitative estimate of drug-likeness (QED) is 0.375. The number of para-hydroxylation sites is 2. The number of carbonyl (C=O) groups excluding carboxylic acids is 1. The van der Waals surface area contributed by atoms with Crippen LogP contribution in [-0.4, -0.2) is 34.4 Å². The summed E-state index contributed by atoms with van der Waals surface area (Å²) in [6.45, 7) is -0.148. The van der Waals surface area contributed by atoms with E-state index in [2.05, 4.69) is 20.7 Å². The van der Waals surface area contributed by atoms with Gasteiger partial charge in [-0.2, -0.15) is 4.98 Å². The zero-order valence-corrected chi connectivity index (χ0v) is 19.8. The highest BCUT2D eigenvalue weighted by atomic mass is 35.5. The summed E-state index contributed by atoms with van der Waals surface area (Å²) in [6, 6.07) is 24.5. The summed E-state index contributed by atoms with van der Waals surface area (Å²) < 4.78 is 12.9. The first-order valence-corrected chi connectivity index (χ1v) is 11.6. The van der Waals surface area contributed by atoms with Crippen LogP contribution in [0.15, 0.2) is 78.9 Å². The molecule has 0 fully saturated rings. The van der Waals surface area contributed by atoms with Gasteiger partial charge in [-0.1, -0.05) is 60.1 Å². The van der Waals surface area contributed by atoms with Crippen molar-refractivity contribution in [3.8, 4) is 11.5 Å². The van der Waals surface area contributed by atoms with E-state index in [9.17, 15) is 4.79 Å². The third-order valence-electron chi connectivity index (χ3n) is 5.82. The van der Waals surface area contributed by atoms with Crippen LogP contribution < -0.4 is 20.1 Å². The molecule has 4 aromatic rings. The molecule has 0 spiro atoms. The summed E-state index contributed by atoms with van der Waals surface area (Å²) in [5.41, 5.74) is 2.05. The Kier molecular flexibility index (Phi) is 6.54. The zero-order chi connectivity index (χ0) is 24.2. The summed E-state index contributed by atoms with van der Waals surface area (Å²) in [7, 11) is 1.65. The molecule has 0 radical (unpaired) electrons. The third-order valence-corrected chi connectivity index (χ3v) is 6.08. The summed E-state index contributed by atoms with van der Waals surface area (Å²) in [6.07, 6.45) is 0.697. The number of rotatable bonds is 7. The standard InChI is InChI=1S/C26H24ClN5O3/c1-34-23-10-6-5-9-20(23)22-15-21(17-11-13-18(27)14-12-17)28-26-30-25(31-32(22)26)29-24(33)16-35-19-7-3-2-4-8-19/h2-14,21-22H,15-16H2,1H3,(H2,28,29,30,31,33)/t21-,22+/m0/s1. The highest BCUT2D eigenvalue weighted by Gasteiger charge is 2.33. The van der Waals surface area contributed by atoms with Gasteiger partial charge in [0.15, 0.2) is 6.61 Å². The molecular weight excluding hydrogens is 466 g/mol. The number of nitrogens with zero attached hydrogens (tertiary/aromatic N) is 3. The second-order valence-corrected chi connectivity index (χ2v) is 8.53. The van der Waals surface area contributed by atoms with Crippen molar-refractivity contribution >= 4 is 29.4 Å². The first-order valence-electron chi connectivity index (χ1n) is 11.2. The second-order valence-electron chi connectivity index (χ2n) is 8.10. The predicted molar refractivity (Wildman–Crippen MR) is 134 cm³/mol. The van der Waals surface area contributed by atoms with Crippen LogP contribution in [0.4, 0.5) is 11.9 Å². The molecule has 2 heterocycles. The van der Waals surface area contributed by atoms with E-state index in [4.69, 9.17) is 21.1 Å². The molecule has 0 bridgehead atoms. The first-order chi connectivity index (χ1) is 17.1. The molecule has 0 saturated heterocycles. The van der Waals surface area contributed by atoms with E-state index < -0.39 is 0 Å². The second kappa shape index (κ2) is 10.1. The molecule has 1 aromatic heterocycles. The summed E-state index contributed by atoms with van der Waals surface area (Å²) in [4.78, 5) is 17.0. The van der Waals surface area contributed by atoms with Crippen molar-refractivity contribution in [2.45, 2.75) is 18.5 Å². The molecule has 1 aliphatic heterocycles. The molecule has 9 heteroatoms. The SMILES string of the molecule is COc1ccccc1[C@H]1C[C@@H](c2ccc(Cl)cc2)Nc2nc(NC(=O)COc3ccccc3)nn21. The maximum absolute atomic E-state index is 12.5. The van der Waals surface area contributed by atoms with Crippen molar-refractivity contribution in [2.24, 2.45) is 0 Å². The van der Waals surface area contributed by atoms with Gasteiger partial charge in [-0.15, -0.1) is 5.10 Å². The maximum atomic E-state index is 12.5. The lowest BCUT2D eigenvalue weighted by molar-refractivity contribution is -0.118. The van der Waals surface area contributed by atoms with Crippen molar-refractivity contribution in [1.82, 2.24) is 14.8 Å². The van der Waals surface area contributed by atoms with Crippen LogP contribution >= 0.6 is 11.6 Å². The average Bonchev–Trinajstić information content (AvgIpc) is 3.30. The van der Waals surface area contributed by atoms with E-state index >= 15 is 0 Å². The largest absolute Gasteiger partial charge is 0.496 e. The highest BCUT2D eigenvalue weighted by molar-refractivity contribution is 6.30.